The summed E-state index contributed by atoms with van der Waals surface area (Å²) in [5, 5.41) is 14.1. The first-order valence-electron chi connectivity index (χ1n) is 15.8. The van der Waals surface area contributed by atoms with Crippen LogP contribution in [0.25, 0.3) is 33.3 Å². The zero-order valence-corrected chi connectivity index (χ0v) is 27.3. The molecule has 1 aliphatic heterocycles. The summed E-state index contributed by atoms with van der Waals surface area (Å²) in [4.78, 5) is 9.58. The van der Waals surface area contributed by atoms with Gasteiger partial charge in [-0.2, -0.15) is 10.4 Å². The van der Waals surface area contributed by atoms with Crippen molar-refractivity contribution in [1.82, 2.24) is 23.6 Å². The van der Waals surface area contributed by atoms with Crippen LogP contribution >= 0.6 is 0 Å². The van der Waals surface area contributed by atoms with Crippen LogP contribution in [-0.2, 0) is 16.6 Å². The van der Waals surface area contributed by atoms with Gasteiger partial charge in [0.2, 0.25) is 0 Å². The molecule has 0 spiro atoms. The summed E-state index contributed by atoms with van der Waals surface area (Å²) in [6.07, 6.45) is 7.41. The van der Waals surface area contributed by atoms with E-state index in [1.165, 1.54) is 16.1 Å². The average Bonchev–Trinajstić information content (AvgIpc) is 3.72. The van der Waals surface area contributed by atoms with E-state index in [1.807, 2.05) is 37.4 Å². The summed E-state index contributed by atoms with van der Waals surface area (Å²) in [5.74, 6) is -0.315. The second-order valence-corrected chi connectivity index (χ2v) is 13.9. The highest BCUT2D eigenvalue weighted by atomic mass is 32.2. The van der Waals surface area contributed by atoms with E-state index < -0.39 is 10.0 Å². The maximum Gasteiger partial charge on any atom is 0.269 e. The summed E-state index contributed by atoms with van der Waals surface area (Å²) in [7, 11) is -3.97. The first-order chi connectivity index (χ1) is 23.3. The number of hydrogen-bond donors (Lipinski definition) is 0. The van der Waals surface area contributed by atoms with Gasteiger partial charge in [0, 0.05) is 85.5 Å². The minimum atomic E-state index is -3.97. The van der Waals surface area contributed by atoms with Gasteiger partial charge in [-0.15, -0.1) is 0 Å². The second-order valence-electron chi connectivity index (χ2n) is 12.1. The van der Waals surface area contributed by atoms with Crippen molar-refractivity contribution in [3.63, 3.8) is 0 Å². The van der Waals surface area contributed by atoms with Gasteiger partial charge in [0.15, 0.2) is 5.65 Å². The number of nitrogens with zero attached hydrogens (tertiary/aromatic N) is 7. The molecule has 3 aromatic carbocycles. The van der Waals surface area contributed by atoms with Crippen LogP contribution < -0.4 is 4.90 Å². The van der Waals surface area contributed by atoms with E-state index in [-0.39, 0.29) is 10.7 Å². The fraction of sp³-hybridized carbons (Fsp3) is 0.216. The van der Waals surface area contributed by atoms with Crippen molar-refractivity contribution in [3.8, 4) is 28.3 Å². The van der Waals surface area contributed by atoms with Crippen LogP contribution in [0.4, 0.5) is 10.1 Å². The highest BCUT2D eigenvalue weighted by molar-refractivity contribution is 7.90. The number of rotatable bonds is 9. The minimum absolute atomic E-state index is 0.171. The molecule has 0 bridgehead atoms. The third-order valence-corrected chi connectivity index (χ3v) is 10.5. The quantitative estimate of drug-likeness (QED) is 0.179. The molecule has 48 heavy (non-hydrogen) atoms. The van der Waals surface area contributed by atoms with Crippen molar-refractivity contribution in [2.75, 3.05) is 37.6 Å². The van der Waals surface area contributed by atoms with Gasteiger partial charge in [0.25, 0.3) is 10.0 Å². The van der Waals surface area contributed by atoms with Crippen molar-refractivity contribution in [1.29, 1.82) is 5.26 Å². The molecule has 0 unspecified atom stereocenters. The summed E-state index contributed by atoms with van der Waals surface area (Å²) >= 11 is 0. The Morgan fingerprint density at radius 1 is 0.875 bits per heavy atom. The lowest BCUT2D eigenvalue weighted by molar-refractivity contribution is 0.263. The summed E-state index contributed by atoms with van der Waals surface area (Å²) in [6.45, 7) is 6.61. The lowest BCUT2D eigenvalue weighted by atomic mass is 10.0. The van der Waals surface area contributed by atoms with Crippen molar-refractivity contribution in [3.05, 3.63) is 121 Å². The summed E-state index contributed by atoms with van der Waals surface area (Å²) < 4.78 is 44.8. The van der Waals surface area contributed by atoms with Crippen LogP contribution in [0.5, 0.6) is 0 Å². The molecule has 6 aromatic rings. The van der Waals surface area contributed by atoms with Gasteiger partial charge in [-0.25, -0.2) is 21.8 Å². The maximum absolute atomic E-state index is 14.0. The molecule has 0 atom stereocenters. The maximum atomic E-state index is 14.0. The zero-order valence-electron chi connectivity index (χ0n) is 26.5. The lowest BCUT2D eigenvalue weighted by Gasteiger charge is -2.36. The van der Waals surface area contributed by atoms with Gasteiger partial charge < -0.3 is 4.90 Å². The fourth-order valence-corrected chi connectivity index (χ4v) is 7.53. The van der Waals surface area contributed by atoms with Crippen molar-refractivity contribution < 1.29 is 12.8 Å². The molecule has 0 amide bonds. The van der Waals surface area contributed by atoms with E-state index in [2.05, 4.69) is 33.1 Å². The molecule has 0 radical (unpaired) electrons. The van der Waals surface area contributed by atoms with E-state index in [0.29, 0.717) is 29.6 Å². The fourth-order valence-electron chi connectivity index (χ4n) is 6.21. The van der Waals surface area contributed by atoms with Crippen LogP contribution in [0.3, 0.4) is 0 Å². The number of aromatic nitrogens is 4. The van der Waals surface area contributed by atoms with E-state index in [4.69, 9.17) is 10.2 Å². The molecule has 0 N–H and O–H groups in total. The number of fused-ring (bicyclic) bond motifs is 1. The third kappa shape index (κ3) is 6.32. The Kier molecular flexibility index (Phi) is 8.52. The topological polar surface area (TPSA) is 100 Å². The number of halogens is 1. The first kappa shape index (κ1) is 31.3. The van der Waals surface area contributed by atoms with Crippen molar-refractivity contribution >= 4 is 26.7 Å². The van der Waals surface area contributed by atoms with Crippen molar-refractivity contribution in [2.45, 2.75) is 24.8 Å². The van der Waals surface area contributed by atoms with Gasteiger partial charge in [0.05, 0.1) is 23.7 Å². The first-order valence-corrected chi connectivity index (χ1v) is 17.3. The third-order valence-electron chi connectivity index (χ3n) is 8.82. The van der Waals surface area contributed by atoms with Gasteiger partial charge >= 0.3 is 0 Å². The standard InChI is InChI=1S/C37H34FN7O2S/c1-27-9-11-34(12-10-27)48(46,47)45-26-36(31-23-41-44(25-31)24-28-5-2-7-32(38)19-28)35-21-30(22-40-37(35)45)29-6-3-8-33(20-29)43-17-15-42(16-18-43)14-4-13-39/h2-3,5-12,19-23,25-26H,4,14-18,24H2,1H3. The number of nitriles is 1. The molecule has 1 saturated heterocycles. The number of aryl methyl sites for hydroxylation is 1. The van der Waals surface area contributed by atoms with Gasteiger partial charge in [-0.05, 0) is 60.5 Å². The highest BCUT2D eigenvalue weighted by Gasteiger charge is 2.24. The van der Waals surface area contributed by atoms with Gasteiger partial charge in [-0.1, -0.05) is 42.0 Å². The Bertz CT molecular complexity index is 2250. The Hall–Kier alpha value is -5.31. The molecule has 9 nitrogen and oxygen atoms in total. The normalized spacial score (nSPS) is 14.0. The lowest BCUT2D eigenvalue weighted by Crippen LogP contribution is -2.46. The van der Waals surface area contributed by atoms with Crippen LogP contribution in [0, 0.1) is 24.1 Å². The highest BCUT2D eigenvalue weighted by Crippen LogP contribution is 2.35. The Morgan fingerprint density at radius 2 is 1.67 bits per heavy atom. The molecule has 0 aliphatic carbocycles. The molecule has 242 valence electrons. The molecule has 11 heteroatoms. The molecule has 7 rings (SSSR count). The minimum Gasteiger partial charge on any atom is -0.369 e. The molecule has 1 fully saturated rings. The van der Waals surface area contributed by atoms with Gasteiger partial charge in [0.1, 0.15) is 5.82 Å². The molecular formula is C37H34FN7O2S. The number of piperazine rings is 1. The monoisotopic (exact) mass is 659 g/mol. The molecule has 3 aromatic heterocycles. The van der Waals surface area contributed by atoms with E-state index in [1.54, 1.807) is 53.6 Å². The SMILES string of the molecule is Cc1ccc(S(=O)(=O)n2cc(-c3cnn(Cc4cccc(F)c4)c3)c3cc(-c4cccc(N5CCN(CCC#N)CC5)c4)cnc32)cc1. The van der Waals surface area contributed by atoms with Crippen molar-refractivity contribution in [2.24, 2.45) is 0 Å². The van der Waals surface area contributed by atoms with Crippen LogP contribution in [0.1, 0.15) is 17.5 Å². The van der Waals surface area contributed by atoms with E-state index >= 15 is 0 Å². The van der Waals surface area contributed by atoms with Crippen LogP contribution in [0.15, 0.2) is 109 Å². The Labute approximate surface area is 279 Å². The number of benzene rings is 3. The summed E-state index contributed by atoms with van der Waals surface area (Å²) in [5.41, 5.74) is 6.36. The number of hydrogen-bond acceptors (Lipinski definition) is 7. The average molecular weight is 660 g/mol. The van der Waals surface area contributed by atoms with Gasteiger partial charge in [-0.3, -0.25) is 9.58 Å². The Balaban J connectivity index is 1.27. The van der Waals surface area contributed by atoms with E-state index in [0.717, 1.165) is 66.2 Å². The largest absolute Gasteiger partial charge is 0.369 e. The predicted molar refractivity (Wildman–Crippen MR) is 185 cm³/mol. The molecular weight excluding hydrogens is 626 g/mol. The molecule has 0 saturated carbocycles. The molecule has 1 aliphatic rings. The van der Waals surface area contributed by atoms with E-state index in [9.17, 15) is 12.8 Å². The molecule has 4 heterocycles. The van der Waals surface area contributed by atoms with Crippen LogP contribution in [0.2, 0.25) is 0 Å². The number of anilines is 1. The van der Waals surface area contributed by atoms with Crippen LogP contribution in [-0.4, -0.2) is 64.8 Å². The number of pyridine rings is 1. The smallest absolute Gasteiger partial charge is 0.269 e. The summed E-state index contributed by atoms with van der Waals surface area (Å²) in [6, 6.07) is 25.7. The Morgan fingerprint density at radius 3 is 2.44 bits per heavy atom. The second kappa shape index (κ2) is 13.1. The zero-order chi connectivity index (χ0) is 33.3. The predicted octanol–water partition coefficient (Wildman–Crippen LogP) is 6.34.